The SMILES string of the molecule is O=C(c1ccc(NS(=O)(=O)c2cccc3cccnc23)cc1)N1CCN(C(c2ccccc2F)C(F)(F)F)CC1. The molecule has 4 aromatic rings. The number of para-hydroxylation sites is 1. The van der Waals surface area contributed by atoms with Crippen molar-refractivity contribution in [2.75, 3.05) is 30.9 Å². The van der Waals surface area contributed by atoms with Gasteiger partial charge in [-0.3, -0.25) is 19.4 Å². The van der Waals surface area contributed by atoms with Gasteiger partial charge in [-0.25, -0.2) is 12.8 Å². The van der Waals surface area contributed by atoms with Crippen molar-refractivity contribution in [3.63, 3.8) is 0 Å². The molecule has 5 rings (SSSR count). The van der Waals surface area contributed by atoms with Crippen molar-refractivity contribution in [2.24, 2.45) is 0 Å². The number of amides is 1. The van der Waals surface area contributed by atoms with E-state index in [1.807, 2.05) is 0 Å². The molecule has 1 aliphatic rings. The summed E-state index contributed by atoms with van der Waals surface area (Å²) in [6.07, 6.45) is -3.19. The minimum atomic E-state index is -4.69. The van der Waals surface area contributed by atoms with E-state index in [-0.39, 0.29) is 42.3 Å². The van der Waals surface area contributed by atoms with Crippen molar-refractivity contribution in [3.05, 3.63) is 102 Å². The Bertz CT molecular complexity index is 1630. The van der Waals surface area contributed by atoms with E-state index in [0.29, 0.717) is 10.9 Å². The topological polar surface area (TPSA) is 82.6 Å². The van der Waals surface area contributed by atoms with Gasteiger partial charge in [0.25, 0.3) is 15.9 Å². The van der Waals surface area contributed by atoms with Crippen molar-refractivity contribution in [1.82, 2.24) is 14.8 Å². The Labute approximate surface area is 228 Å². The Morgan fingerprint density at radius 3 is 2.23 bits per heavy atom. The number of hydrogen-bond donors (Lipinski definition) is 1. The Kier molecular flexibility index (Phi) is 7.47. The monoisotopic (exact) mass is 572 g/mol. The average Bonchev–Trinajstić information content (AvgIpc) is 2.93. The molecule has 1 fully saturated rings. The molecule has 1 amide bonds. The summed E-state index contributed by atoms with van der Waals surface area (Å²) in [6.45, 7) is -0.160. The first-order valence-corrected chi connectivity index (χ1v) is 13.8. The van der Waals surface area contributed by atoms with Crippen LogP contribution in [0.4, 0.5) is 23.2 Å². The van der Waals surface area contributed by atoms with E-state index in [0.717, 1.165) is 17.0 Å². The predicted octanol–water partition coefficient (Wildman–Crippen LogP) is 5.24. The van der Waals surface area contributed by atoms with Gasteiger partial charge in [-0.15, -0.1) is 0 Å². The number of carbonyl (C=O) groups is 1. The molecule has 7 nitrogen and oxygen atoms in total. The van der Waals surface area contributed by atoms with E-state index in [9.17, 15) is 30.8 Å². The van der Waals surface area contributed by atoms with Gasteiger partial charge in [0.1, 0.15) is 16.8 Å². The van der Waals surface area contributed by atoms with Gasteiger partial charge in [0.05, 0.1) is 5.52 Å². The molecular formula is C28H24F4N4O3S. The summed E-state index contributed by atoms with van der Waals surface area (Å²) in [7, 11) is -3.98. The van der Waals surface area contributed by atoms with Gasteiger partial charge in [0.2, 0.25) is 0 Å². The lowest BCUT2D eigenvalue weighted by atomic mass is 10.0. The Morgan fingerprint density at radius 2 is 1.55 bits per heavy atom. The molecular weight excluding hydrogens is 548 g/mol. The molecule has 0 saturated carbocycles. The Hall–Kier alpha value is -4.03. The number of nitrogens with zero attached hydrogens (tertiary/aromatic N) is 3. The van der Waals surface area contributed by atoms with E-state index in [1.54, 1.807) is 24.3 Å². The Morgan fingerprint density at radius 1 is 0.875 bits per heavy atom. The second-order valence-corrected chi connectivity index (χ2v) is 11.0. The summed E-state index contributed by atoms with van der Waals surface area (Å²) >= 11 is 0. The zero-order valence-electron chi connectivity index (χ0n) is 21.0. The molecule has 0 bridgehead atoms. The largest absolute Gasteiger partial charge is 0.408 e. The van der Waals surface area contributed by atoms with Crippen LogP contribution in [0.3, 0.4) is 0 Å². The normalized spacial score (nSPS) is 15.7. The molecule has 1 saturated heterocycles. The van der Waals surface area contributed by atoms with Crippen LogP contribution >= 0.6 is 0 Å². The molecule has 12 heteroatoms. The predicted molar refractivity (Wildman–Crippen MR) is 142 cm³/mol. The molecule has 1 atom stereocenters. The summed E-state index contributed by atoms with van der Waals surface area (Å²) < 4.78 is 84.4. The van der Waals surface area contributed by atoms with E-state index >= 15 is 0 Å². The van der Waals surface area contributed by atoms with Gasteiger partial charge in [-0.2, -0.15) is 13.2 Å². The van der Waals surface area contributed by atoms with Crippen LogP contribution in [-0.2, 0) is 10.0 Å². The van der Waals surface area contributed by atoms with Gasteiger partial charge >= 0.3 is 6.18 Å². The van der Waals surface area contributed by atoms with Crippen LogP contribution in [-0.4, -0.2) is 61.5 Å². The van der Waals surface area contributed by atoms with Gasteiger partial charge in [-0.05, 0) is 42.5 Å². The second kappa shape index (κ2) is 10.9. The first kappa shape index (κ1) is 27.5. The minimum Gasteiger partial charge on any atom is -0.336 e. The van der Waals surface area contributed by atoms with Crippen LogP contribution in [0.2, 0.25) is 0 Å². The summed E-state index contributed by atoms with van der Waals surface area (Å²) in [5.41, 5.74) is 0.357. The number of alkyl halides is 3. The minimum absolute atomic E-state index is 0.0103. The number of piperazine rings is 1. The molecule has 1 unspecified atom stereocenters. The second-order valence-electron chi connectivity index (χ2n) is 9.31. The summed E-state index contributed by atoms with van der Waals surface area (Å²) in [5, 5.41) is 0.668. The van der Waals surface area contributed by atoms with Crippen LogP contribution in [0.25, 0.3) is 10.9 Å². The lowest BCUT2D eigenvalue weighted by molar-refractivity contribution is -0.190. The number of hydrogen-bond acceptors (Lipinski definition) is 5. The van der Waals surface area contributed by atoms with Crippen molar-refractivity contribution < 1.29 is 30.8 Å². The highest BCUT2D eigenvalue weighted by molar-refractivity contribution is 7.93. The van der Waals surface area contributed by atoms with Crippen molar-refractivity contribution in [1.29, 1.82) is 0 Å². The van der Waals surface area contributed by atoms with Crippen molar-refractivity contribution in [2.45, 2.75) is 17.1 Å². The molecule has 3 aromatic carbocycles. The zero-order valence-corrected chi connectivity index (χ0v) is 21.8. The zero-order chi connectivity index (χ0) is 28.5. The molecule has 1 aliphatic heterocycles. The van der Waals surface area contributed by atoms with E-state index in [4.69, 9.17) is 0 Å². The third-order valence-corrected chi connectivity index (χ3v) is 8.16. The average molecular weight is 573 g/mol. The number of carbonyl (C=O) groups excluding carboxylic acids is 1. The molecule has 0 radical (unpaired) electrons. The number of anilines is 1. The van der Waals surface area contributed by atoms with E-state index < -0.39 is 39.5 Å². The lowest BCUT2D eigenvalue weighted by Crippen LogP contribution is -2.52. The molecule has 1 aromatic heterocycles. The van der Waals surface area contributed by atoms with Crippen LogP contribution in [0.15, 0.2) is 90.0 Å². The highest BCUT2D eigenvalue weighted by atomic mass is 32.2. The van der Waals surface area contributed by atoms with Crippen LogP contribution in [0.5, 0.6) is 0 Å². The first-order chi connectivity index (χ1) is 19.0. The number of rotatable bonds is 6. The molecule has 0 spiro atoms. The Balaban J connectivity index is 1.26. The summed E-state index contributed by atoms with van der Waals surface area (Å²) in [6, 6.07) is 16.8. The highest BCUT2D eigenvalue weighted by Crippen LogP contribution is 2.39. The quantitative estimate of drug-likeness (QED) is 0.320. The number of pyridine rings is 1. The van der Waals surface area contributed by atoms with Crippen molar-refractivity contribution in [3.8, 4) is 0 Å². The highest BCUT2D eigenvalue weighted by Gasteiger charge is 2.46. The third-order valence-electron chi connectivity index (χ3n) is 6.75. The van der Waals surface area contributed by atoms with Gasteiger partial charge < -0.3 is 4.90 Å². The number of nitrogens with one attached hydrogen (secondary N) is 1. The van der Waals surface area contributed by atoms with E-state index in [2.05, 4.69) is 9.71 Å². The molecule has 1 N–H and O–H groups in total. The third kappa shape index (κ3) is 5.63. The molecule has 208 valence electrons. The number of benzene rings is 3. The lowest BCUT2D eigenvalue weighted by Gasteiger charge is -2.40. The number of halogens is 4. The number of sulfonamides is 1. The smallest absolute Gasteiger partial charge is 0.336 e. The van der Waals surface area contributed by atoms with Crippen LogP contribution in [0.1, 0.15) is 22.0 Å². The number of aromatic nitrogens is 1. The summed E-state index contributed by atoms with van der Waals surface area (Å²) in [5.74, 6) is -1.34. The number of fused-ring (bicyclic) bond motifs is 1. The first-order valence-electron chi connectivity index (χ1n) is 12.4. The maximum atomic E-state index is 14.2. The fraction of sp³-hybridized carbons (Fsp3) is 0.214. The van der Waals surface area contributed by atoms with E-state index in [1.165, 1.54) is 53.6 Å². The van der Waals surface area contributed by atoms with Crippen molar-refractivity contribution >= 4 is 32.5 Å². The van der Waals surface area contributed by atoms with Crippen LogP contribution < -0.4 is 4.72 Å². The fourth-order valence-electron chi connectivity index (χ4n) is 4.83. The van der Waals surface area contributed by atoms with Gasteiger partial charge in [0.15, 0.2) is 0 Å². The molecule has 2 heterocycles. The molecule has 0 aliphatic carbocycles. The van der Waals surface area contributed by atoms with Crippen LogP contribution in [0, 0.1) is 5.82 Å². The molecule has 40 heavy (non-hydrogen) atoms. The summed E-state index contributed by atoms with van der Waals surface area (Å²) in [4.78, 5) is 19.8. The fourth-order valence-corrected chi connectivity index (χ4v) is 6.07. The van der Waals surface area contributed by atoms with Gasteiger partial charge in [-0.1, -0.05) is 36.4 Å². The maximum Gasteiger partial charge on any atom is 0.408 e. The van der Waals surface area contributed by atoms with Gasteiger partial charge in [0, 0.05) is 54.6 Å². The standard InChI is InChI=1S/C28H24F4N4O3S/c29-23-8-2-1-7-22(23)26(28(30,31)32)35-15-17-36(18-16-35)27(37)20-10-12-21(13-11-20)34-40(38,39)24-9-3-5-19-6-4-14-33-25(19)24/h1-14,26,34H,15-18H2. The maximum absolute atomic E-state index is 14.2.